The maximum Gasteiger partial charge on any atom is 0.0706 e. The zero-order valence-corrected chi connectivity index (χ0v) is 15.3. The second kappa shape index (κ2) is 9.14. The zero-order chi connectivity index (χ0) is 13.9. The van der Waals surface area contributed by atoms with Crippen molar-refractivity contribution in [3.05, 3.63) is 40.0 Å². The number of hydrogen-bond acceptors (Lipinski definition) is 2. The van der Waals surface area contributed by atoms with Gasteiger partial charge in [-0.15, -0.1) is 24.8 Å². The van der Waals surface area contributed by atoms with Gasteiger partial charge in [0.1, 0.15) is 0 Å². The Bertz CT molecular complexity index is 607. The van der Waals surface area contributed by atoms with Gasteiger partial charge in [0.05, 0.1) is 10.5 Å². The molecule has 1 aliphatic rings. The predicted molar refractivity (Wildman–Crippen MR) is 100 cm³/mol. The van der Waals surface area contributed by atoms with Crippen molar-refractivity contribution in [2.45, 2.75) is 25.7 Å². The van der Waals surface area contributed by atoms with E-state index in [9.17, 15) is 0 Å². The fourth-order valence-electron chi connectivity index (χ4n) is 2.97. The summed E-state index contributed by atoms with van der Waals surface area (Å²) in [5, 5.41) is 6.00. The summed E-state index contributed by atoms with van der Waals surface area (Å²) in [7, 11) is 0. The summed E-state index contributed by atoms with van der Waals surface area (Å²) < 4.78 is 0. The summed E-state index contributed by atoms with van der Waals surface area (Å²) in [5.41, 5.74) is 2.16. The van der Waals surface area contributed by atoms with Crippen LogP contribution in [0.4, 0.5) is 0 Å². The molecule has 2 nitrogen and oxygen atoms in total. The summed E-state index contributed by atoms with van der Waals surface area (Å²) in [5.74, 6) is 0.801. The number of fused-ring (bicyclic) bond motifs is 1. The van der Waals surface area contributed by atoms with Gasteiger partial charge in [-0.25, -0.2) is 0 Å². The third-order valence-corrected chi connectivity index (χ3v) is 4.71. The van der Waals surface area contributed by atoms with Crippen molar-refractivity contribution in [1.82, 2.24) is 10.3 Å². The molecule has 0 saturated carbocycles. The van der Waals surface area contributed by atoms with Crippen LogP contribution in [0.2, 0.25) is 10.0 Å². The second-order valence-corrected chi connectivity index (χ2v) is 6.32. The first-order chi connectivity index (χ1) is 9.74. The monoisotopic (exact) mass is 380 g/mol. The Balaban J connectivity index is 0.00000121. The summed E-state index contributed by atoms with van der Waals surface area (Å²) in [4.78, 5) is 4.38. The fraction of sp³-hybridized carbons (Fsp3) is 0.438. The van der Waals surface area contributed by atoms with E-state index in [0.29, 0.717) is 0 Å². The molecule has 0 aliphatic carbocycles. The van der Waals surface area contributed by atoms with E-state index in [2.05, 4.69) is 10.3 Å². The fourth-order valence-corrected chi connectivity index (χ4v) is 3.39. The number of nitrogens with zero attached hydrogens (tertiary/aromatic N) is 1. The molecular formula is C16H20Cl4N2. The van der Waals surface area contributed by atoms with Gasteiger partial charge in [0.2, 0.25) is 0 Å². The normalized spacial score (nSPS) is 15.2. The first-order valence-electron chi connectivity index (χ1n) is 7.17. The minimum atomic E-state index is 0. The van der Waals surface area contributed by atoms with E-state index in [0.717, 1.165) is 46.4 Å². The number of halogens is 4. The predicted octanol–water partition coefficient (Wildman–Crippen LogP) is 5.32. The van der Waals surface area contributed by atoms with E-state index in [1.165, 1.54) is 24.8 Å². The van der Waals surface area contributed by atoms with Crippen LogP contribution in [0.15, 0.2) is 24.4 Å². The number of piperidine rings is 1. The van der Waals surface area contributed by atoms with Crippen molar-refractivity contribution in [2.75, 3.05) is 13.1 Å². The molecule has 1 aromatic carbocycles. The van der Waals surface area contributed by atoms with E-state index in [4.69, 9.17) is 23.2 Å². The van der Waals surface area contributed by atoms with Crippen LogP contribution >= 0.6 is 48.0 Å². The van der Waals surface area contributed by atoms with Gasteiger partial charge in [-0.05, 0) is 68.5 Å². The Morgan fingerprint density at radius 3 is 2.59 bits per heavy atom. The Hall–Kier alpha value is -0.250. The van der Waals surface area contributed by atoms with Crippen molar-refractivity contribution < 1.29 is 0 Å². The minimum Gasteiger partial charge on any atom is -0.317 e. The highest BCUT2D eigenvalue weighted by Crippen LogP contribution is 2.29. The largest absolute Gasteiger partial charge is 0.317 e. The Morgan fingerprint density at radius 1 is 1.14 bits per heavy atom. The van der Waals surface area contributed by atoms with Crippen molar-refractivity contribution in [2.24, 2.45) is 5.92 Å². The molecule has 1 saturated heterocycles. The van der Waals surface area contributed by atoms with Gasteiger partial charge in [0.25, 0.3) is 0 Å². The molecule has 1 fully saturated rings. The van der Waals surface area contributed by atoms with Crippen LogP contribution in [0.5, 0.6) is 0 Å². The molecule has 122 valence electrons. The molecule has 1 aromatic heterocycles. The standard InChI is InChI=1S/C16H18Cl2N2.2ClH/c17-12-2-4-16-14(9-12)13(15(18)10-20-16)3-1-11-5-7-19-8-6-11;;/h2,4,9-11,19H,1,3,5-8H2;2*1H. The van der Waals surface area contributed by atoms with Crippen molar-refractivity contribution in [3.8, 4) is 0 Å². The minimum absolute atomic E-state index is 0. The molecule has 0 unspecified atom stereocenters. The quantitative estimate of drug-likeness (QED) is 0.778. The van der Waals surface area contributed by atoms with Crippen LogP contribution in [0.1, 0.15) is 24.8 Å². The molecule has 6 heteroatoms. The molecule has 0 atom stereocenters. The van der Waals surface area contributed by atoms with E-state index in [1.54, 1.807) is 6.20 Å². The lowest BCUT2D eigenvalue weighted by atomic mass is 9.90. The average Bonchev–Trinajstić information content (AvgIpc) is 2.47. The maximum atomic E-state index is 6.36. The van der Waals surface area contributed by atoms with Crippen molar-refractivity contribution >= 4 is 58.9 Å². The summed E-state index contributed by atoms with van der Waals surface area (Å²) in [6, 6.07) is 5.82. The van der Waals surface area contributed by atoms with Gasteiger partial charge in [0, 0.05) is 16.6 Å². The molecule has 1 N–H and O–H groups in total. The lowest BCUT2D eigenvalue weighted by molar-refractivity contribution is 0.354. The average molecular weight is 382 g/mol. The molecular weight excluding hydrogens is 362 g/mol. The van der Waals surface area contributed by atoms with Gasteiger partial charge in [-0.3, -0.25) is 4.98 Å². The maximum absolute atomic E-state index is 6.36. The lowest BCUT2D eigenvalue weighted by Gasteiger charge is -2.22. The van der Waals surface area contributed by atoms with Crippen molar-refractivity contribution in [1.29, 1.82) is 0 Å². The van der Waals surface area contributed by atoms with Gasteiger partial charge < -0.3 is 5.32 Å². The number of pyridine rings is 1. The molecule has 0 radical (unpaired) electrons. The van der Waals surface area contributed by atoms with Gasteiger partial charge in [-0.2, -0.15) is 0 Å². The number of rotatable bonds is 3. The van der Waals surface area contributed by atoms with E-state index in [1.807, 2.05) is 18.2 Å². The van der Waals surface area contributed by atoms with Crippen molar-refractivity contribution in [3.63, 3.8) is 0 Å². The van der Waals surface area contributed by atoms with Crippen LogP contribution in [-0.4, -0.2) is 18.1 Å². The van der Waals surface area contributed by atoms with Crippen LogP contribution < -0.4 is 5.32 Å². The highest BCUT2D eigenvalue weighted by molar-refractivity contribution is 6.33. The molecule has 0 spiro atoms. The molecule has 22 heavy (non-hydrogen) atoms. The van der Waals surface area contributed by atoms with Crippen LogP contribution in [0.25, 0.3) is 10.9 Å². The SMILES string of the molecule is Cl.Cl.Clc1ccc2ncc(Cl)c(CCC3CCNCC3)c2c1. The topological polar surface area (TPSA) is 24.9 Å². The smallest absolute Gasteiger partial charge is 0.0706 e. The molecule has 1 aliphatic heterocycles. The Morgan fingerprint density at radius 2 is 1.86 bits per heavy atom. The molecule has 2 aromatic rings. The summed E-state index contributed by atoms with van der Waals surface area (Å²) >= 11 is 12.5. The highest BCUT2D eigenvalue weighted by Gasteiger charge is 2.15. The number of aryl methyl sites for hydroxylation is 1. The van der Waals surface area contributed by atoms with Gasteiger partial charge in [0.15, 0.2) is 0 Å². The summed E-state index contributed by atoms with van der Waals surface area (Å²) in [6.07, 6.45) is 6.48. The van der Waals surface area contributed by atoms with Crippen LogP contribution in [0, 0.1) is 5.92 Å². The number of hydrogen-bond donors (Lipinski definition) is 1. The second-order valence-electron chi connectivity index (χ2n) is 5.48. The molecule has 0 amide bonds. The summed E-state index contributed by atoms with van der Waals surface area (Å²) in [6.45, 7) is 2.28. The van der Waals surface area contributed by atoms with Crippen LogP contribution in [0.3, 0.4) is 0 Å². The van der Waals surface area contributed by atoms with E-state index >= 15 is 0 Å². The number of benzene rings is 1. The molecule has 3 rings (SSSR count). The third-order valence-electron chi connectivity index (χ3n) is 4.15. The van der Waals surface area contributed by atoms with Gasteiger partial charge in [-0.1, -0.05) is 23.2 Å². The van der Waals surface area contributed by atoms with E-state index < -0.39 is 0 Å². The van der Waals surface area contributed by atoms with E-state index in [-0.39, 0.29) is 24.8 Å². The zero-order valence-electron chi connectivity index (χ0n) is 12.1. The third kappa shape index (κ3) is 4.62. The first-order valence-corrected chi connectivity index (χ1v) is 7.93. The Labute approximate surface area is 153 Å². The molecule has 2 heterocycles. The first kappa shape index (κ1) is 19.8. The molecule has 0 bridgehead atoms. The Kier molecular flexibility index (Phi) is 8.23. The van der Waals surface area contributed by atoms with Crippen LogP contribution in [-0.2, 0) is 6.42 Å². The number of aromatic nitrogens is 1. The van der Waals surface area contributed by atoms with Gasteiger partial charge >= 0.3 is 0 Å². The lowest BCUT2D eigenvalue weighted by Crippen LogP contribution is -2.27. The highest BCUT2D eigenvalue weighted by atomic mass is 35.5. The number of nitrogens with one attached hydrogen (secondary N) is 1.